The minimum absolute atomic E-state index is 0.701. The van der Waals surface area contributed by atoms with E-state index >= 15 is 0 Å². The summed E-state index contributed by atoms with van der Waals surface area (Å²) < 4.78 is 0. The fourth-order valence-corrected chi connectivity index (χ4v) is 2.01. The molecule has 2 rings (SSSR count). The lowest BCUT2D eigenvalue weighted by Crippen LogP contribution is -2.06. The van der Waals surface area contributed by atoms with E-state index in [-0.39, 0.29) is 0 Å². The highest BCUT2D eigenvalue weighted by atomic mass is 15.0. The number of pyridine rings is 1. The van der Waals surface area contributed by atoms with Gasteiger partial charge in [-0.15, -0.1) is 0 Å². The summed E-state index contributed by atoms with van der Waals surface area (Å²) in [5.41, 5.74) is 3.44. The van der Waals surface area contributed by atoms with E-state index in [1.807, 2.05) is 18.3 Å². The Bertz CT molecular complexity index is 525. The van der Waals surface area contributed by atoms with Crippen molar-refractivity contribution in [1.29, 1.82) is 0 Å². The molecule has 4 nitrogen and oxygen atoms in total. The third-order valence-corrected chi connectivity index (χ3v) is 3.03. The molecule has 1 N–H and O–H groups in total. The van der Waals surface area contributed by atoms with Gasteiger partial charge < -0.3 is 5.32 Å². The van der Waals surface area contributed by atoms with Crippen molar-refractivity contribution in [1.82, 2.24) is 15.0 Å². The smallest absolute Gasteiger partial charge is 0.129 e. The Morgan fingerprint density at radius 3 is 2.84 bits per heavy atom. The van der Waals surface area contributed by atoms with Gasteiger partial charge >= 0.3 is 0 Å². The molecular weight excluding hydrogens is 236 g/mol. The van der Waals surface area contributed by atoms with Crippen LogP contribution < -0.4 is 5.32 Å². The molecular formula is C15H20N4. The molecule has 19 heavy (non-hydrogen) atoms. The molecule has 0 atom stereocenters. The molecule has 2 heterocycles. The summed E-state index contributed by atoms with van der Waals surface area (Å²) in [5, 5.41) is 3.32. The quantitative estimate of drug-likeness (QED) is 0.863. The number of anilines is 1. The maximum absolute atomic E-state index is 4.42. The summed E-state index contributed by atoms with van der Waals surface area (Å²) >= 11 is 0. The molecule has 0 saturated heterocycles. The molecule has 2 aromatic heterocycles. The van der Waals surface area contributed by atoms with Crippen LogP contribution in [0.25, 0.3) is 0 Å². The van der Waals surface area contributed by atoms with E-state index < -0.39 is 0 Å². The van der Waals surface area contributed by atoms with Gasteiger partial charge in [-0.3, -0.25) is 4.98 Å². The van der Waals surface area contributed by atoms with Crippen molar-refractivity contribution in [2.24, 2.45) is 0 Å². The molecule has 0 unspecified atom stereocenters. The zero-order valence-electron chi connectivity index (χ0n) is 11.6. The van der Waals surface area contributed by atoms with Gasteiger partial charge in [-0.25, -0.2) is 9.97 Å². The highest BCUT2D eigenvalue weighted by Crippen LogP contribution is 2.10. The Kier molecular flexibility index (Phi) is 4.84. The van der Waals surface area contributed by atoms with Gasteiger partial charge in [-0.2, -0.15) is 0 Å². The monoisotopic (exact) mass is 256 g/mol. The van der Waals surface area contributed by atoms with Crippen molar-refractivity contribution in [2.45, 2.75) is 39.7 Å². The van der Waals surface area contributed by atoms with Crippen molar-refractivity contribution in [3.8, 4) is 0 Å². The highest BCUT2D eigenvalue weighted by Gasteiger charge is 2.02. The average molecular weight is 256 g/mol. The zero-order chi connectivity index (χ0) is 13.5. The van der Waals surface area contributed by atoms with Gasteiger partial charge in [0.05, 0.1) is 12.2 Å². The lowest BCUT2D eigenvalue weighted by molar-refractivity contribution is 0.869. The topological polar surface area (TPSA) is 50.7 Å². The van der Waals surface area contributed by atoms with Crippen molar-refractivity contribution < 1.29 is 0 Å². The molecule has 0 bridgehead atoms. The lowest BCUT2D eigenvalue weighted by atomic mass is 10.1. The maximum Gasteiger partial charge on any atom is 0.129 e. The van der Waals surface area contributed by atoms with Crippen LogP contribution in [0.5, 0.6) is 0 Å². The van der Waals surface area contributed by atoms with Gasteiger partial charge in [0.15, 0.2) is 0 Å². The molecule has 4 heteroatoms. The molecule has 0 aliphatic heterocycles. The van der Waals surface area contributed by atoms with E-state index in [4.69, 9.17) is 0 Å². The van der Waals surface area contributed by atoms with E-state index in [2.05, 4.69) is 40.2 Å². The minimum Gasteiger partial charge on any atom is -0.364 e. The SMILES string of the molecule is CCCc1cc(NCc2ncccc2CC)ncn1. The second kappa shape index (κ2) is 6.83. The Morgan fingerprint density at radius 1 is 1.16 bits per heavy atom. The van der Waals surface area contributed by atoms with E-state index in [1.54, 1.807) is 6.33 Å². The first-order valence-corrected chi connectivity index (χ1v) is 6.81. The first kappa shape index (κ1) is 13.5. The first-order chi connectivity index (χ1) is 9.33. The fourth-order valence-electron chi connectivity index (χ4n) is 2.01. The fraction of sp³-hybridized carbons (Fsp3) is 0.400. The van der Waals surface area contributed by atoms with Crippen LogP contribution in [0.2, 0.25) is 0 Å². The van der Waals surface area contributed by atoms with E-state index in [1.165, 1.54) is 5.56 Å². The van der Waals surface area contributed by atoms with Crippen molar-refractivity contribution in [3.63, 3.8) is 0 Å². The third-order valence-electron chi connectivity index (χ3n) is 3.03. The number of nitrogens with zero attached hydrogens (tertiary/aromatic N) is 3. The van der Waals surface area contributed by atoms with Crippen LogP contribution in [-0.4, -0.2) is 15.0 Å². The number of aromatic nitrogens is 3. The summed E-state index contributed by atoms with van der Waals surface area (Å²) in [6.07, 6.45) is 6.53. The Balaban J connectivity index is 2.03. The van der Waals surface area contributed by atoms with Gasteiger partial charge in [0.1, 0.15) is 12.1 Å². The summed E-state index contributed by atoms with van der Waals surface area (Å²) in [6, 6.07) is 6.11. The predicted molar refractivity (Wildman–Crippen MR) is 77.0 cm³/mol. The Morgan fingerprint density at radius 2 is 2.05 bits per heavy atom. The van der Waals surface area contributed by atoms with Crippen LogP contribution >= 0.6 is 0 Å². The van der Waals surface area contributed by atoms with E-state index in [0.717, 1.165) is 36.5 Å². The minimum atomic E-state index is 0.701. The summed E-state index contributed by atoms with van der Waals surface area (Å²) in [6.45, 7) is 4.99. The molecule has 100 valence electrons. The number of nitrogens with one attached hydrogen (secondary N) is 1. The van der Waals surface area contributed by atoms with Gasteiger partial charge in [-0.05, 0) is 24.5 Å². The normalized spacial score (nSPS) is 10.4. The van der Waals surface area contributed by atoms with Crippen LogP contribution in [-0.2, 0) is 19.4 Å². The van der Waals surface area contributed by atoms with Gasteiger partial charge in [0.2, 0.25) is 0 Å². The van der Waals surface area contributed by atoms with Crippen molar-refractivity contribution in [2.75, 3.05) is 5.32 Å². The second-order valence-electron chi connectivity index (χ2n) is 4.46. The van der Waals surface area contributed by atoms with Gasteiger partial charge in [0.25, 0.3) is 0 Å². The number of hydrogen-bond donors (Lipinski definition) is 1. The number of rotatable bonds is 6. The molecule has 0 amide bonds. The van der Waals surface area contributed by atoms with Gasteiger partial charge in [0, 0.05) is 18.0 Å². The molecule has 0 radical (unpaired) electrons. The molecule has 0 aliphatic rings. The summed E-state index contributed by atoms with van der Waals surface area (Å²) in [5.74, 6) is 0.867. The molecule has 0 saturated carbocycles. The Labute approximate surface area is 114 Å². The number of hydrogen-bond acceptors (Lipinski definition) is 4. The third kappa shape index (κ3) is 3.74. The van der Waals surface area contributed by atoms with Crippen LogP contribution in [0.4, 0.5) is 5.82 Å². The van der Waals surface area contributed by atoms with Crippen LogP contribution in [0.15, 0.2) is 30.7 Å². The standard InChI is InChI=1S/C15H20N4/c1-3-6-13-9-15(19-11-18-13)17-10-14-12(4-2)7-5-8-16-14/h5,7-9,11H,3-4,6,10H2,1-2H3,(H,17,18,19). The largest absolute Gasteiger partial charge is 0.364 e. The molecule has 0 fully saturated rings. The average Bonchev–Trinajstić information content (AvgIpc) is 2.46. The zero-order valence-corrected chi connectivity index (χ0v) is 11.6. The lowest BCUT2D eigenvalue weighted by Gasteiger charge is -2.09. The van der Waals surface area contributed by atoms with Gasteiger partial charge in [-0.1, -0.05) is 26.3 Å². The highest BCUT2D eigenvalue weighted by molar-refractivity contribution is 5.36. The van der Waals surface area contributed by atoms with Crippen LogP contribution in [0.1, 0.15) is 37.2 Å². The summed E-state index contributed by atoms with van der Waals surface area (Å²) in [7, 11) is 0. The first-order valence-electron chi connectivity index (χ1n) is 6.81. The van der Waals surface area contributed by atoms with Crippen LogP contribution in [0, 0.1) is 0 Å². The summed E-state index contributed by atoms with van der Waals surface area (Å²) in [4.78, 5) is 12.9. The predicted octanol–water partition coefficient (Wildman–Crippen LogP) is 3.00. The molecule has 0 spiro atoms. The van der Waals surface area contributed by atoms with E-state index in [9.17, 15) is 0 Å². The number of aryl methyl sites for hydroxylation is 2. The van der Waals surface area contributed by atoms with Crippen molar-refractivity contribution in [3.05, 3.63) is 47.7 Å². The molecule has 0 aromatic carbocycles. The Hall–Kier alpha value is -1.97. The molecule has 0 aliphatic carbocycles. The van der Waals surface area contributed by atoms with Crippen LogP contribution in [0.3, 0.4) is 0 Å². The molecule has 2 aromatic rings. The maximum atomic E-state index is 4.42. The van der Waals surface area contributed by atoms with Crippen molar-refractivity contribution >= 4 is 5.82 Å². The second-order valence-corrected chi connectivity index (χ2v) is 4.46. The van der Waals surface area contributed by atoms with E-state index in [0.29, 0.717) is 6.54 Å².